The summed E-state index contributed by atoms with van der Waals surface area (Å²) >= 11 is 0. The zero-order chi connectivity index (χ0) is 19.8. The van der Waals surface area contributed by atoms with Crippen LogP contribution in [0.15, 0.2) is 54.6 Å². The Morgan fingerprint density at radius 1 is 0.815 bits per heavy atom. The molecule has 0 fully saturated rings. The summed E-state index contributed by atoms with van der Waals surface area (Å²) < 4.78 is 5.03. The first-order valence-electron chi connectivity index (χ1n) is 8.61. The maximum absolute atomic E-state index is 12.0. The van der Waals surface area contributed by atoms with Crippen molar-refractivity contribution in [1.29, 1.82) is 0 Å². The molecule has 0 aliphatic carbocycles. The summed E-state index contributed by atoms with van der Waals surface area (Å²) in [4.78, 5) is 38.1. The molecule has 0 radical (unpaired) electrons. The van der Waals surface area contributed by atoms with Crippen molar-refractivity contribution in [2.45, 2.75) is 6.42 Å². The van der Waals surface area contributed by atoms with Gasteiger partial charge in [-0.05, 0) is 16.7 Å². The number of rotatable bonds is 7. The molecule has 0 aromatic heterocycles. The van der Waals surface area contributed by atoms with Crippen molar-refractivity contribution < 1.29 is 19.1 Å². The average Bonchev–Trinajstić information content (AvgIpc) is 2.67. The van der Waals surface area contributed by atoms with Crippen molar-refractivity contribution in [2.24, 2.45) is 0 Å². The van der Waals surface area contributed by atoms with Crippen LogP contribution in [-0.4, -0.2) is 61.9 Å². The highest BCUT2D eigenvalue weighted by Crippen LogP contribution is 2.19. The van der Waals surface area contributed by atoms with E-state index in [1.807, 2.05) is 54.6 Å². The smallest absolute Gasteiger partial charge is 0.310 e. The molecule has 0 saturated carbocycles. The van der Waals surface area contributed by atoms with Crippen LogP contribution in [0.5, 0.6) is 0 Å². The van der Waals surface area contributed by atoms with E-state index in [9.17, 15) is 14.4 Å². The molecule has 2 rings (SSSR count). The molecular weight excluding hydrogens is 344 g/mol. The van der Waals surface area contributed by atoms with Gasteiger partial charge in [0.25, 0.3) is 5.91 Å². The maximum atomic E-state index is 12.0. The van der Waals surface area contributed by atoms with E-state index in [0.717, 1.165) is 16.7 Å². The predicted octanol–water partition coefficient (Wildman–Crippen LogP) is 1.99. The molecule has 0 bridgehead atoms. The Bertz CT molecular complexity index is 786. The molecule has 6 heteroatoms. The van der Waals surface area contributed by atoms with Crippen LogP contribution < -0.4 is 0 Å². The summed E-state index contributed by atoms with van der Waals surface area (Å²) in [5, 5.41) is 0. The van der Waals surface area contributed by atoms with Gasteiger partial charge in [-0.3, -0.25) is 14.4 Å². The van der Waals surface area contributed by atoms with Gasteiger partial charge in [0.1, 0.15) is 0 Å². The van der Waals surface area contributed by atoms with E-state index in [2.05, 4.69) is 0 Å². The average molecular weight is 368 g/mol. The molecule has 6 nitrogen and oxygen atoms in total. The quantitative estimate of drug-likeness (QED) is 0.701. The van der Waals surface area contributed by atoms with Crippen LogP contribution in [0.4, 0.5) is 0 Å². The number of esters is 1. The molecule has 2 amide bonds. The molecule has 0 heterocycles. The highest BCUT2D eigenvalue weighted by molar-refractivity contribution is 5.86. The van der Waals surface area contributed by atoms with Crippen LogP contribution in [0.25, 0.3) is 11.1 Å². The minimum Gasteiger partial charge on any atom is -0.455 e. The second-order valence-corrected chi connectivity index (χ2v) is 6.44. The Kier molecular flexibility index (Phi) is 7.11. The highest BCUT2D eigenvalue weighted by Gasteiger charge is 2.16. The largest absolute Gasteiger partial charge is 0.455 e. The van der Waals surface area contributed by atoms with Gasteiger partial charge < -0.3 is 14.5 Å². The molecule has 142 valence electrons. The molecule has 0 spiro atoms. The Hall–Kier alpha value is -3.15. The molecule has 0 atom stereocenters. The molecular formula is C21H24N2O4. The van der Waals surface area contributed by atoms with E-state index in [1.165, 1.54) is 16.8 Å². The third kappa shape index (κ3) is 6.26. The zero-order valence-corrected chi connectivity index (χ0v) is 15.8. The monoisotopic (exact) mass is 368 g/mol. The Balaban J connectivity index is 1.82. The summed E-state index contributed by atoms with van der Waals surface area (Å²) in [6.45, 7) is -0.428. The number of hydrogen-bond acceptors (Lipinski definition) is 4. The second kappa shape index (κ2) is 9.52. The lowest BCUT2D eigenvalue weighted by Crippen LogP contribution is -2.39. The van der Waals surface area contributed by atoms with Crippen LogP contribution in [0.1, 0.15) is 5.56 Å². The van der Waals surface area contributed by atoms with Gasteiger partial charge in [-0.25, -0.2) is 0 Å². The van der Waals surface area contributed by atoms with Crippen LogP contribution in [0.2, 0.25) is 0 Å². The highest BCUT2D eigenvalue weighted by atomic mass is 16.5. The number of benzene rings is 2. The Labute approximate surface area is 159 Å². The molecule has 27 heavy (non-hydrogen) atoms. The van der Waals surface area contributed by atoms with E-state index in [4.69, 9.17) is 4.74 Å². The molecule has 0 aliphatic rings. The summed E-state index contributed by atoms with van der Waals surface area (Å²) in [5.41, 5.74) is 2.98. The Morgan fingerprint density at radius 3 is 2.00 bits per heavy atom. The van der Waals surface area contributed by atoms with Gasteiger partial charge in [0.05, 0.1) is 13.0 Å². The standard InChI is InChI=1S/C21H24N2O4/c1-22(2)19(24)14-23(3)20(25)15-27-21(26)13-16-9-11-18(12-10-16)17-7-5-4-6-8-17/h4-12H,13-15H2,1-3H3. The second-order valence-electron chi connectivity index (χ2n) is 6.44. The first-order valence-corrected chi connectivity index (χ1v) is 8.61. The molecule has 0 unspecified atom stereocenters. The van der Waals surface area contributed by atoms with E-state index >= 15 is 0 Å². The van der Waals surface area contributed by atoms with Crippen molar-refractivity contribution in [3.63, 3.8) is 0 Å². The summed E-state index contributed by atoms with van der Waals surface area (Å²) in [5.74, 6) is -1.10. The number of amides is 2. The molecule has 0 saturated heterocycles. The molecule has 0 aliphatic heterocycles. The van der Waals surface area contributed by atoms with Gasteiger partial charge in [0.2, 0.25) is 5.91 Å². The fourth-order valence-electron chi connectivity index (χ4n) is 2.35. The van der Waals surface area contributed by atoms with E-state index in [0.29, 0.717) is 0 Å². The number of likely N-dealkylation sites (N-methyl/N-ethyl adjacent to an activating group) is 2. The molecule has 0 N–H and O–H groups in total. The Morgan fingerprint density at radius 2 is 1.41 bits per heavy atom. The fourth-order valence-corrected chi connectivity index (χ4v) is 2.35. The van der Waals surface area contributed by atoms with Crippen LogP contribution in [0, 0.1) is 0 Å². The third-order valence-electron chi connectivity index (χ3n) is 4.06. The van der Waals surface area contributed by atoms with Gasteiger partial charge in [0, 0.05) is 21.1 Å². The lowest BCUT2D eigenvalue weighted by Gasteiger charge is -2.19. The van der Waals surface area contributed by atoms with Crippen LogP contribution >= 0.6 is 0 Å². The number of hydrogen-bond donors (Lipinski definition) is 0. The van der Waals surface area contributed by atoms with E-state index < -0.39 is 11.9 Å². The number of carbonyl (C=O) groups excluding carboxylic acids is 3. The molecule has 2 aromatic carbocycles. The maximum Gasteiger partial charge on any atom is 0.310 e. The number of ether oxygens (including phenoxy) is 1. The minimum atomic E-state index is -0.483. The molecule has 2 aromatic rings. The third-order valence-corrected chi connectivity index (χ3v) is 4.06. The number of nitrogens with zero attached hydrogens (tertiary/aromatic N) is 2. The van der Waals surface area contributed by atoms with Gasteiger partial charge in [0.15, 0.2) is 6.61 Å². The van der Waals surface area contributed by atoms with Crippen molar-refractivity contribution in [3.05, 3.63) is 60.2 Å². The van der Waals surface area contributed by atoms with Gasteiger partial charge in [-0.1, -0.05) is 54.6 Å². The zero-order valence-electron chi connectivity index (χ0n) is 15.8. The lowest BCUT2D eigenvalue weighted by molar-refractivity contribution is -0.151. The van der Waals surface area contributed by atoms with Crippen molar-refractivity contribution in [1.82, 2.24) is 9.80 Å². The van der Waals surface area contributed by atoms with Crippen LogP contribution in [-0.2, 0) is 25.5 Å². The van der Waals surface area contributed by atoms with Crippen molar-refractivity contribution in [2.75, 3.05) is 34.3 Å². The summed E-state index contributed by atoms with van der Waals surface area (Å²) in [7, 11) is 4.73. The van der Waals surface area contributed by atoms with E-state index in [-0.39, 0.29) is 25.5 Å². The first-order chi connectivity index (χ1) is 12.9. The van der Waals surface area contributed by atoms with Gasteiger partial charge in [-0.2, -0.15) is 0 Å². The normalized spacial score (nSPS) is 10.2. The predicted molar refractivity (Wildman–Crippen MR) is 103 cm³/mol. The van der Waals surface area contributed by atoms with Crippen LogP contribution in [0.3, 0.4) is 0 Å². The first kappa shape index (κ1) is 20.2. The summed E-state index contributed by atoms with van der Waals surface area (Å²) in [6, 6.07) is 17.6. The van der Waals surface area contributed by atoms with E-state index in [1.54, 1.807) is 14.1 Å². The fraction of sp³-hybridized carbons (Fsp3) is 0.286. The number of carbonyl (C=O) groups is 3. The lowest BCUT2D eigenvalue weighted by atomic mass is 10.0. The minimum absolute atomic E-state index is 0.0513. The van der Waals surface area contributed by atoms with Crippen molar-refractivity contribution in [3.8, 4) is 11.1 Å². The SMILES string of the molecule is CN(C)C(=O)CN(C)C(=O)COC(=O)Cc1ccc(-c2ccccc2)cc1. The van der Waals surface area contributed by atoms with Gasteiger partial charge >= 0.3 is 5.97 Å². The summed E-state index contributed by atoms with van der Waals surface area (Å²) in [6.07, 6.45) is 0.0860. The van der Waals surface area contributed by atoms with Crippen molar-refractivity contribution >= 4 is 17.8 Å². The topological polar surface area (TPSA) is 66.9 Å². The van der Waals surface area contributed by atoms with Gasteiger partial charge in [-0.15, -0.1) is 0 Å².